The number of carbonyl (C=O) groups is 2. The number of nitriles is 1. The molecule has 184 valence electrons. The number of carbonyl (C=O) groups excluding carboxylic acids is 2. The number of nitrogens with two attached hydrogens (primary N) is 2. The van der Waals surface area contributed by atoms with Crippen LogP contribution in [0.5, 0.6) is 0 Å². The summed E-state index contributed by atoms with van der Waals surface area (Å²) in [5.41, 5.74) is 15.9. The molecule has 3 heterocycles. The molecule has 4 rings (SSSR count). The summed E-state index contributed by atoms with van der Waals surface area (Å²) < 4.78 is 0. The normalized spacial score (nSPS) is 13.7. The highest BCUT2D eigenvalue weighted by molar-refractivity contribution is 6.00. The van der Waals surface area contributed by atoms with E-state index in [9.17, 15) is 9.59 Å². The van der Waals surface area contributed by atoms with Crippen LogP contribution in [0, 0.1) is 11.3 Å². The smallest absolute Gasteiger partial charge is 0.252 e. The molecule has 1 aliphatic heterocycles. The maximum atomic E-state index is 12.1. The molecule has 3 aromatic rings. The summed E-state index contributed by atoms with van der Waals surface area (Å²) in [5, 5.41) is 12.5. The second-order valence-electron chi connectivity index (χ2n) is 8.88. The van der Waals surface area contributed by atoms with Crippen LogP contribution >= 0.6 is 0 Å². The first kappa shape index (κ1) is 24.7. The van der Waals surface area contributed by atoms with Gasteiger partial charge in [0.05, 0.1) is 16.8 Å². The molecule has 5 N–H and O–H groups in total. The van der Waals surface area contributed by atoms with E-state index in [1.54, 1.807) is 24.4 Å². The minimum absolute atomic E-state index is 0.00971. The molecule has 0 atom stereocenters. The van der Waals surface area contributed by atoms with Gasteiger partial charge in [-0.1, -0.05) is 13.0 Å². The Bertz CT molecular complexity index is 1310. The second kappa shape index (κ2) is 10.9. The average Bonchev–Trinajstić information content (AvgIpc) is 2.89. The van der Waals surface area contributed by atoms with Crippen LogP contribution in [-0.2, 0) is 6.42 Å². The Balaban J connectivity index is 1.45. The fourth-order valence-electron chi connectivity index (χ4n) is 4.40. The Morgan fingerprint density at radius 1 is 1.11 bits per heavy atom. The average molecular weight is 484 g/mol. The SMILES string of the molecule is CCC(=O)c1ccc(Cc2cc(NC3CCN(c4ccc(C#N)cn4)CC3)c(C(N)=O)cn2)cc1N. The lowest BCUT2D eigenvalue weighted by atomic mass is 10.0. The van der Waals surface area contributed by atoms with E-state index in [2.05, 4.69) is 26.3 Å². The van der Waals surface area contributed by atoms with E-state index in [1.807, 2.05) is 25.1 Å². The Kier molecular flexibility index (Phi) is 7.44. The van der Waals surface area contributed by atoms with Crippen LogP contribution < -0.4 is 21.7 Å². The molecule has 1 aromatic carbocycles. The largest absolute Gasteiger partial charge is 0.398 e. The van der Waals surface area contributed by atoms with E-state index in [4.69, 9.17) is 16.7 Å². The summed E-state index contributed by atoms with van der Waals surface area (Å²) in [5.74, 6) is 0.320. The van der Waals surface area contributed by atoms with Gasteiger partial charge in [-0.05, 0) is 48.7 Å². The van der Waals surface area contributed by atoms with E-state index in [-0.39, 0.29) is 11.8 Å². The number of amides is 1. The molecule has 0 aliphatic carbocycles. The molecule has 1 amide bonds. The van der Waals surface area contributed by atoms with Crippen molar-refractivity contribution >= 4 is 28.9 Å². The van der Waals surface area contributed by atoms with Gasteiger partial charge in [0.15, 0.2) is 5.78 Å². The van der Waals surface area contributed by atoms with E-state index in [0.717, 1.165) is 43.0 Å². The number of hydrogen-bond acceptors (Lipinski definition) is 8. The summed E-state index contributed by atoms with van der Waals surface area (Å²) in [7, 11) is 0. The molecule has 9 heteroatoms. The highest BCUT2D eigenvalue weighted by Gasteiger charge is 2.22. The second-order valence-corrected chi connectivity index (χ2v) is 8.88. The molecule has 1 saturated heterocycles. The van der Waals surface area contributed by atoms with Crippen molar-refractivity contribution in [3.63, 3.8) is 0 Å². The van der Waals surface area contributed by atoms with Gasteiger partial charge in [-0.2, -0.15) is 5.26 Å². The van der Waals surface area contributed by atoms with Crippen LogP contribution in [0.2, 0.25) is 0 Å². The lowest BCUT2D eigenvalue weighted by molar-refractivity contribution is 0.0984. The molecule has 0 radical (unpaired) electrons. The van der Waals surface area contributed by atoms with Gasteiger partial charge in [0.1, 0.15) is 11.9 Å². The molecule has 1 aliphatic rings. The van der Waals surface area contributed by atoms with Gasteiger partial charge in [0.2, 0.25) is 0 Å². The minimum Gasteiger partial charge on any atom is -0.398 e. The van der Waals surface area contributed by atoms with Crippen LogP contribution in [0.1, 0.15) is 63.7 Å². The molecule has 0 bridgehead atoms. The van der Waals surface area contributed by atoms with Gasteiger partial charge in [0, 0.05) is 61.3 Å². The third-order valence-electron chi connectivity index (χ3n) is 6.40. The van der Waals surface area contributed by atoms with Crippen molar-refractivity contribution in [2.24, 2.45) is 5.73 Å². The van der Waals surface area contributed by atoms with Gasteiger partial charge in [-0.15, -0.1) is 0 Å². The predicted octanol–water partition coefficient (Wildman–Crippen LogP) is 3.29. The fraction of sp³-hybridized carbons (Fsp3) is 0.296. The topological polar surface area (TPSA) is 151 Å². The fourth-order valence-corrected chi connectivity index (χ4v) is 4.40. The Hall–Kier alpha value is -4.45. The molecule has 36 heavy (non-hydrogen) atoms. The summed E-state index contributed by atoms with van der Waals surface area (Å²) in [6, 6.07) is 13.2. The molecule has 0 spiro atoms. The van der Waals surface area contributed by atoms with Gasteiger partial charge in [-0.25, -0.2) is 4.98 Å². The lowest BCUT2D eigenvalue weighted by Crippen LogP contribution is -2.39. The van der Waals surface area contributed by atoms with Crippen LogP contribution in [0.4, 0.5) is 17.2 Å². The predicted molar refractivity (Wildman–Crippen MR) is 139 cm³/mol. The number of ketones is 1. The van der Waals surface area contributed by atoms with Crippen molar-refractivity contribution < 1.29 is 9.59 Å². The number of piperidine rings is 1. The lowest BCUT2D eigenvalue weighted by Gasteiger charge is -2.34. The molecule has 1 fully saturated rings. The molecule has 0 unspecified atom stereocenters. The number of primary amides is 1. The maximum Gasteiger partial charge on any atom is 0.252 e. The number of anilines is 3. The first-order chi connectivity index (χ1) is 17.4. The number of hydrogen-bond donors (Lipinski definition) is 3. The van der Waals surface area contributed by atoms with E-state index in [0.29, 0.717) is 40.9 Å². The third-order valence-corrected chi connectivity index (χ3v) is 6.40. The van der Waals surface area contributed by atoms with Crippen LogP contribution in [0.3, 0.4) is 0 Å². The van der Waals surface area contributed by atoms with Crippen molar-refractivity contribution in [1.82, 2.24) is 9.97 Å². The van der Waals surface area contributed by atoms with Crippen molar-refractivity contribution in [3.05, 3.63) is 76.7 Å². The quantitative estimate of drug-likeness (QED) is 0.326. The van der Waals surface area contributed by atoms with Gasteiger partial charge >= 0.3 is 0 Å². The minimum atomic E-state index is -0.539. The number of benzene rings is 1. The Labute approximate surface area is 210 Å². The zero-order chi connectivity index (χ0) is 25.7. The van der Waals surface area contributed by atoms with Crippen LogP contribution in [0.15, 0.2) is 48.8 Å². The zero-order valence-electron chi connectivity index (χ0n) is 20.2. The molecule has 0 saturated carbocycles. The highest BCUT2D eigenvalue weighted by atomic mass is 16.1. The summed E-state index contributed by atoms with van der Waals surface area (Å²) in [6.07, 6.45) is 5.69. The summed E-state index contributed by atoms with van der Waals surface area (Å²) in [6.45, 7) is 3.40. The number of nitrogens with zero attached hydrogens (tertiary/aromatic N) is 4. The number of aromatic nitrogens is 2. The number of pyridine rings is 2. The summed E-state index contributed by atoms with van der Waals surface area (Å²) in [4.78, 5) is 35.1. The van der Waals surface area contributed by atoms with Crippen molar-refractivity contribution in [1.29, 1.82) is 5.26 Å². The van der Waals surface area contributed by atoms with Crippen molar-refractivity contribution in [3.8, 4) is 6.07 Å². The van der Waals surface area contributed by atoms with Crippen molar-refractivity contribution in [2.75, 3.05) is 29.0 Å². The Morgan fingerprint density at radius 3 is 2.50 bits per heavy atom. The monoisotopic (exact) mass is 483 g/mol. The van der Waals surface area contributed by atoms with Gasteiger partial charge in [0.25, 0.3) is 5.91 Å². The molecule has 2 aromatic heterocycles. The first-order valence-electron chi connectivity index (χ1n) is 12.0. The van der Waals surface area contributed by atoms with Gasteiger partial charge in [-0.3, -0.25) is 14.6 Å². The standard InChI is InChI=1S/C27H29N7O2/c1-2-25(35)21-5-3-17(12-23(21)29)11-20-13-24(22(16-31-20)27(30)36)33-19-7-9-34(10-8-19)26-6-4-18(14-28)15-32-26/h3-6,12-13,15-16,19H,2,7-11,29H2,1H3,(H2,30,36)(H,31,33). The molecular formula is C27H29N7O2. The Morgan fingerprint density at radius 2 is 1.89 bits per heavy atom. The number of Topliss-reactive ketones (excluding diaryl/α,β-unsaturated/α-hetero) is 1. The van der Waals surface area contributed by atoms with E-state index in [1.165, 1.54) is 6.20 Å². The first-order valence-corrected chi connectivity index (χ1v) is 12.0. The van der Waals surface area contributed by atoms with Crippen LogP contribution in [0.25, 0.3) is 0 Å². The van der Waals surface area contributed by atoms with Gasteiger partial charge < -0.3 is 21.7 Å². The zero-order valence-corrected chi connectivity index (χ0v) is 20.2. The summed E-state index contributed by atoms with van der Waals surface area (Å²) >= 11 is 0. The molecular weight excluding hydrogens is 454 g/mol. The maximum absolute atomic E-state index is 12.1. The third kappa shape index (κ3) is 5.61. The van der Waals surface area contributed by atoms with E-state index < -0.39 is 5.91 Å². The number of rotatable bonds is 8. The molecule has 9 nitrogen and oxygen atoms in total. The highest BCUT2D eigenvalue weighted by Crippen LogP contribution is 2.25. The number of nitrogens with one attached hydrogen (secondary N) is 1. The van der Waals surface area contributed by atoms with E-state index >= 15 is 0 Å². The van der Waals surface area contributed by atoms with Crippen molar-refractivity contribution in [2.45, 2.75) is 38.6 Å². The van der Waals surface area contributed by atoms with Crippen LogP contribution in [-0.4, -0.2) is 40.8 Å². The number of nitrogen functional groups attached to an aromatic ring is 1.